The number of rotatable bonds is 4. The highest BCUT2D eigenvalue weighted by molar-refractivity contribution is 5.85. The number of nitrogens with zero attached hydrogens (tertiary/aromatic N) is 1. The maximum atomic E-state index is 11.0. The maximum absolute atomic E-state index is 11.0. The minimum absolute atomic E-state index is 0. The van der Waals surface area contributed by atoms with Gasteiger partial charge in [-0.2, -0.15) is 0 Å². The van der Waals surface area contributed by atoms with Crippen molar-refractivity contribution in [2.24, 2.45) is 11.8 Å². The van der Waals surface area contributed by atoms with Crippen LogP contribution in [0.25, 0.3) is 0 Å². The van der Waals surface area contributed by atoms with Gasteiger partial charge in [-0.3, -0.25) is 4.90 Å². The van der Waals surface area contributed by atoms with Gasteiger partial charge in [0.15, 0.2) is 0 Å². The maximum Gasteiger partial charge on any atom is 0.119 e. The molecule has 4 bridgehead atoms. The number of aliphatic hydroxyl groups is 1. The van der Waals surface area contributed by atoms with Crippen LogP contribution in [0.15, 0.2) is 48.5 Å². The molecule has 3 fully saturated rings. The van der Waals surface area contributed by atoms with E-state index < -0.39 is 5.60 Å². The van der Waals surface area contributed by atoms with Crippen molar-refractivity contribution in [1.82, 2.24) is 4.90 Å². The molecule has 0 aromatic heterocycles. The molecule has 1 N–H and O–H groups in total. The highest BCUT2D eigenvalue weighted by Gasteiger charge is 2.61. The molecule has 2 saturated heterocycles. The van der Waals surface area contributed by atoms with Crippen LogP contribution in [-0.2, 0) is 18.4 Å². The van der Waals surface area contributed by atoms with E-state index in [0.29, 0.717) is 23.9 Å². The van der Waals surface area contributed by atoms with Crippen molar-refractivity contribution in [1.29, 1.82) is 0 Å². The van der Waals surface area contributed by atoms with E-state index in [1.807, 2.05) is 13.8 Å². The second-order valence-corrected chi connectivity index (χ2v) is 10.2. The summed E-state index contributed by atoms with van der Waals surface area (Å²) in [6.45, 7) is 7.46. The van der Waals surface area contributed by atoms with Crippen LogP contribution >= 0.6 is 12.4 Å². The van der Waals surface area contributed by atoms with Crippen LogP contribution in [0.4, 0.5) is 0 Å². The molecule has 0 amide bonds. The molecule has 6 rings (SSSR count). The molecule has 2 aliphatic carbocycles. The lowest BCUT2D eigenvalue weighted by molar-refractivity contribution is -0.156. The summed E-state index contributed by atoms with van der Waals surface area (Å²) in [5.41, 5.74) is 3.84. The molecule has 5 unspecified atom stereocenters. The molecule has 1 saturated carbocycles. The molecule has 0 radical (unpaired) electrons. The molecule has 2 aliphatic heterocycles. The lowest BCUT2D eigenvalue weighted by atomic mass is 9.48. The van der Waals surface area contributed by atoms with E-state index in [4.69, 9.17) is 4.74 Å². The molecule has 2 heterocycles. The molecule has 2 aromatic carbocycles. The average Bonchev–Trinajstić information content (AvgIpc) is 2.70. The predicted octanol–water partition coefficient (Wildman–Crippen LogP) is 4.98. The van der Waals surface area contributed by atoms with E-state index in [-0.39, 0.29) is 17.8 Å². The lowest BCUT2D eigenvalue weighted by Crippen LogP contribution is -2.70. The SMILES string of the molecule is COc1ccc2c(c1)C1(C)CC3C(C(C)(C)O)CC1C(C2)N3Cc1ccccc1.Cl. The van der Waals surface area contributed by atoms with Gasteiger partial charge in [-0.1, -0.05) is 43.3 Å². The molecular formula is C26H34ClNO2. The second-order valence-electron chi connectivity index (χ2n) is 10.2. The van der Waals surface area contributed by atoms with Gasteiger partial charge in [-0.25, -0.2) is 0 Å². The lowest BCUT2D eigenvalue weighted by Gasteiger charge is -2.66. The van der Waals surface area contributed by atoms with Crippen molar-refractivity contribution in [3.8, 4) is 5.75 Å². The Balaban J connectivity index is 0.00000218. The van der Waals surface area contributed by atoms with Crippen LogP contribution in [0.2, 0.25) is 0 Å². The summed E-state index contributed by atoms with van der Waals surface area (Å²) in [6.07, 6.45) is 3.31. The third-order valence-corrected chi connectivity index (χ3v) is 8.22. The number of hydrogen-bond acceptors (Lipinski definition) is 3. The predicted molar refractivity (Wildman–Crippen MR) is 123 cm³/mol. The van der Waals surface area contributed by atoms with Crippen molar-refractivity contribution < 1.29 is 9.84 Å². The van der Waals surface area contributed by atoms with Gasteiger partial charge in [-0.15, -0.1) is 12.4 Å². The Morgan fingerprint density at radius 2 is 1.87 bits per heavy atom. The monoisotopic (exact) mass is 427 g/mol. The summed E-state index contributed by atoms with van der Waals surface area (Å²) in [5.74, 6) is 1.84. The van der Waals surface area contributed by atoms with E-state index in [1.54, 1.807) is 7.11 Å². The first kappa shape index (κ1) is 21.7. The summed E-state index contributed by atoms with van der Waals surface area (Å²) >= 11 is 0. The van der Waals surface area contributed by atoms with Crippen molar-refractivity contribution >= 4 is 12.4 Å². The molecule has 4 aliphatic rings. The van der Waals surface area contributed by atoms with Gasteiger partial charge in [-0.05, 0) is 73.3 Å². The third kappa shape index (κ3) is 3.26. The number of fused-ring (bicyclic) bond motifs is 2. The zero-order valence-corrected chi connectivity index (χ0v) is 19.3. The van der Waals surface area contributed by atoms with Crippen molar-refractivity contribution in [3.05, 3.63) is 65.2 Å². The van der Waals surface area contributed by atoms with Crippen LogP contribution < -0.4 is 4.74 Å². The Morgan fingerprint density at radius 1 is 1.13 bits per heavy atom. The third-order valence-electron chi connectivity index (χ3n) is 8.22. The number of piperidine rings is 2. The summed E-state index contributed by atoms with van der Waals surface area (Å²) in [4.78, 5) is 2.74. The Hall–Kier alpha value is -1.55. The minimum Gasteiger partial charge on any atom is -0.497 e. The van der Waals surface area contributed by atoms with Crippen LogP contribution in [0.1, 0.15) is 50.3 Å². The van der Waals surface area contributed by atoms with Crippen molar-refractivity contribution in [2.45, 2.75) is 69.7 Å². The van der Waals surface area contributed by atoms with Gasteiger partial charge < -0.3 is 9.84 Å². The van der Waals surface area contributed by atoms with Crippen LogP contribution in [0, 0.1) is 11.8 Å². The Labute approximate surface area is 186 Å². The van der Waals surface area contributed by atoms with Crippen LogP contribution in [-0.4, -0.2) is 34.8 Å². The van der Waals surface area contributed by atoms with Crippen LogP contribution in [0.5, 0.6) is 5.75 Å². The first-order valence-corrected chi connectivity index (χ1v) is 11.0. The van der Waals surface area contributed by atoms with E-state index in [0.717, 1.165) is 31.6 Å². The summed E-state index contributed by atoms with van der Waals surface area (Å²) in [5, 5.41) is 11.0. The zero-order valence-electron chi connectivity index (χ0n) is 18.5. The number of methoxy groups -OCH3 is 1. The molecule has 0 spiro atoms. The molecule has 4 heteroatoms. The Morgan fingerprint density at radius 3 is 2.53 bits per heavy atom. The molecule has 3 nitrogen and oxygen atoms in total. The molecule has 5 atom stereocenters. The number of ether oxygens (including phenoxy) is 1. The fourth-order valence-electron chi connectivity index (χ4n) is 6.80. The van der Waals surface area contributed by atoms with E-state index in [2.05, 4.69) is 60.4 Å². The van der Waals surface area contributed by atoms with E-state index in [1.165, 1.54) is 16.7 Å². The fraction of sp³-hybridized carbons (Fsp3) is 0.538. The van der Waals surface area contributed by atoms with Gasteiger partial charge in [0, 0.05) is 24.5 Å². The summed E-state index contributed by atoms with van der Waals surface area (Å²) in [6, 6.07) is 18.5. The summed E-state index contributed by atoms with van der Waals surface area (Å²) in [7, 11) is 1.76. The normalized spacial score (nSPS) is 32.3. The first-order chi connectivity index (χ1) is 13.8. The number of benzene rings is 2. The largest absolute Gasteiger partial charge is 0.497 e. The number of halogens is 1. The fourth-order valence-corrected chi connectivity index (χ4v) is 6.80. The Kier molecular flexibility index (Phi) is 5.45. The second kappa shape index (κ2) is 7.55. The summed E-state index contributed by atoms with van der Waals surface area (Å²) < 4.78 is 5.57. The smallest absolute Gasteiger partial charge is 0.119 e. The highest BCUT2D eigenvalue weighted by atomic mass is 35.5. The van der Waals surface area contributed by atoms with Crippen LogP contribution in [0.3, 0.4) is 0 Å². The van der Waals surface area contributed by atoms with E-state index in [9.17, 15) is 5.11 Å². The van der Waals surface area contributed by atoms with Gasteiger partial charge in [0.05, 0.1) is 12.7 Å². The van der Waals surface area contributed by atoms with Gasteiger partial charge >= 0.3 is 0 Å². The van der Waals surface area contributed by atoms with E-state index >= 15 is 0 Å². The van der Waals surface area contributed by atoms with Crippen molar-refractivity contribution in [2.75, 3.05) is 7.11 Å². The van der Waals surface area contributed by atoms with Gasteiger partial charge in [0.2, 0.25) is 0 Å². The standard InChI is InChI=1S/C26H33NO2.ClH/c1-25(2,28)21-14-22-23-12-18-10-11-19(29-4)13-20(18)26(22,3)15-24(21)27(23)16-17-8-6-5-7-9-17;/h5-11,13,21-24,28H,12,14-16H2,1-4H3;1H. The molecule has 162 valence electrons. The van der Waals surface area contributed by atoms with Gasteiger partial charge in [0.25, 0.3) is 0 Å². The first-order valence-electron chi connectivity index (χ1n) is 11.0. The average molecular weight is 428 g/mol. The highest BCUT2D eigenvalue weighted by Crippen LogP contribution is 2.60. The minimum atomic E-state index is -0.652. The molecule has 30 heavy (non-hydrogen) atoms. The Bertz CT molecular complexity index is 909. The number of hydrogen-bond donors (Lipinski definition) is 1. The molecular weight excluding hydrogens is 394 g/mol. The van der Waals surface area contributed by atoms with Gasteiger partial charge in [0.1, 0.15) is 5.75 Å². The zero-order chi connectivity index (χ0) is 20.4. The quantitative estimate of drug-likeness (QED) is 0.746. The topological polar surface area (TPSA) is 32.7 Å². The molecule has 2 aromatic rings. The van der Waals surface area contributed by atoms with Crippen molar-refractivity contribution in [3.63, 3.8) is 0 Å².